The number of hydrogen-bond donors (Lipinski definition) is 0. The lowest BCUT2D eigenvalue weighted by Crippen LogP contribution is -2.47. The summed E-state index contributed by atoms with van der Waals surface area (Å²) in [5.41, 5.74) is 2.41. The lowest BCUT2D eigenvalue weighted by atomic mass is 10.2. The molecule has 0 atom stereocenters. The van der Waals surface area contributed by atoms with E-state index in [-0.39, 0.29) is 0 Å². The van der Waals surface area contributed by atoms with Crippen LogP contribution in [0.3, 0.4) is 0 Å². The molecule has 1 aromatic heterocycles. The monoisotopic (exact) mass is 365 g/mol. The Hall–Kier alpha value is -1.26. The van der Waals surface area contributed by atoms with Gasteiger partial charge in [0, 0.05) is 47.6 Å². The molecule has 2 heterocycles. The number of hydrogen-bond acceptors (Lipinski definition) is 3. The molecule has 1 aliphatic heterocycles. The highest BCUT2D eigenvalue weighted by atomic mass is 79.9. The van der Waals surface area contributed by atoms with E-state index >= 15 is 0 Å². The maximum atomic E-state index is 6.07. The summed E-state index contributed by atoms with van der Waals surface area (Å²) in [6, 6.07) is 10.2. The first-order valence-electron chi connectivity index (χ1n) is 7.01. The molecule has 0 spiro atoms. The predicted molar refractivity (Wildman–Crippen MR) is 92.6 cm³/mol. The number of aromatic nitrogens is 1. The molecular weight excluding hydrogens is 350 g/mol. The fourth-order valence-electron chi connectivity index (χ4n) is 2.71. The summed E-state index contributed by atoms with van der Waals surface area (Å²) in [6.45, 7) is 6.02. The second-order valence-electron chi connectivity index (χ2n) is 5.25. The van der Waals surface area contributed by atoms with E-state index in [0.717, 1.165) is 41.5 Å². The molecule has 0 N–H and O–H groups in total. The van der Waals surface area contributed by atoms with Crippen LogP contribution in [-0.4, -0.2) is 31.2 Å². The van der Waals surface area contributed by atoms with Crippen molar-refractivity contribution in [1.82, 2.24) is 4.98 Å². The zero-order chi connectivity index (χ0) is 14.8. The Morgan fingerprint density at radius 2 is 1.81 bits per heavy atom. The molecule has 0 radical (unpaired) electrons. The van der Waals surface area contributed by atoms with Crippen LogP contribution >= 0.6 is 27.5 Å². The van der Waals surface area contributed by atoms with Crippen LogP contribution in [0.25, 0.3) is 0 Å². The van der Waals surface area contributed by atoms with Crippen molar-refractivity contribution in [2.45, 2.75) is 6.92 Å². The minimum atomic E-state index is 0.792. The maximum absolute atomic E-state index is 6.07. The van der Waals surface area contributed by atoms with E-state index in [0.29, 0.717) is 0 Å². The van der Waals surface area contributed by atoms with Crippen molar-refractivity contribution in [3.8, 4) is 0 Å². The van der Waals surface area contributed by atoms with Gasteiger partial charge in [0.25, 0.3) is 0 Å². The summed E-state index contributed by atoms with van der Waals surface area (Å²) >= 11 is 9.54. The van der Waals surface area contributed by atoms with Crippen LogP contribution in [0.5, 0.6) is 0 Å². The van der Waals surface area contributed by atoms with Crippen LogP contribution in [0.2, 0.25) is 5.02 Å². The lowest BCUT2D eigenvalue weighted by Gasteiger charge is -2.37. The van der Waals surface area contributed by atoms with Crippen molar-refractivity contribution in [1.29, 1.82) is 0 Å². The lowest BCUT2D eigenvalue weighted by molar-refractivity contribution is 0.646. The normalized spacial score (nSPS) is 15.4. The Labute approximate surface area is 138 Å². The van der Waals surface area contributed by atoms with Crippen molar-refractivity contribution >= 4 is 39.0 Å². The number of piperazine rings is 1. The molecule has 5 heteroatoms. The summed E-state index contributed by atoms with van der Waals surface area (Å²) in [6.07, 6.45) is 1.87. The Morgan fingerprint density at radius 3 is 2.48 bits per heavy atom. The van der Waals surface area contributed by atoms with E-state index in [4.69, 9.17) is 11.6 Å². The molecule has 0 unspecified atom stereocenters. The Kier molecular flexibility index (Phi) is 4.36. The third-order valence-corrected chi connectivity index (χ3v) is 4.44. The smallest absolute Gasteiger partial charge is 0.131 e. The minimum Gasteiger partial charge on any atom is -0.368 e. The molecule has 1 fully saturated rings. The summed E-state index contributed by atoms with van der Waals surface area (Å²) in [5.74, 6) is 1.09. The van der Waals surface area contributed by atoms with Crippen LogP contribution < -0.4 is 9.80 Å². The summed E-state index contributed by atoms with van der Waals surface area (Å²) in [7, 11) is 0. The molecule has 0 aliphatic carbocycles. The average Bonchev–Trinajstić information content (AvgIpc) is 2.47. The van der Waals surface area contributed by atoms with Gasteiger partial charge in [-0.05, 0) is 52.7 Å². The molecule has 1 aliphatic rings. The molecular formula is C16H17BrClN3. The molecule has 110 valence electrons. The number of pyridine rings is 1. The van der Waals surface area contributed by atoms with Gasteiger partial charge in [-0.15, -0.1) is 0 Å². The largest absolute Gasteiger partial charge is 0.368 e. The Bertz CT molecular complexity index is 639. The SMILES string of the molecule is Cc1cc(Br)cnc1N1CCN(c2cccc(Cl)c2)CC1. The van der Waals surface area contributed by atoms with Gasteiger partial charge in [0.15, 0.2) is 0 Å². The molecule has 3 rings (SSSR count). The summed E-state index contributed by atoms with van der Waals surface area (Å²) < 4.78 is 1.03. The minimum absolute atomic E-state index is 0.792. The topological polar surface area (TPSA) is 19.4 Å². The number of benzene rings is 1. The van der Waals surface area contributed by atoms with E-state index in [1.54, 1.807) is 0 Å². The van der Waals surface area contributed by atoms with Crippen molar-refractivity contribution in [3.63, 3.8) is 0 Å². The second-order valence-corrected chi connectivity index (χ2v) is 6.60. The highest BCUT2D eigenvalue weighted by Crippen LogP contribution is 2.24. The third kappa shape index (κ3) is 3.33. The van der Waals surface area contributed by atoms with Crippen LogP contribution in [0.15, 0.2) is 41.0 Å². The highest BCUT2D eigenvalue weighted by Gasteiger charge is 2.19. The number of nitrogens with zero attached hydrogens (tertiary/aromatic N) is 3. The molecule has 0 saturated carbocycles. The van der Waals surface area contributed by atoms with Crippen LogP contribution in [0.4, 0.5) is 11.5 Å². The Morgan fingerprint density at radius 1 is 1.10 bits per heavy atom. The average molecular weight is 367 g/mol. The van der Waals surface area contributed by atoms with Crippen molar-refractivity contribution < 1.29 is 0 Å². The summed E-state index contributed by atoms with van der Waals surface area (Å²) in [4.78, 5) is 9.27. The highest BCUT2D eigenvalue weighted by molar-refractivity contribution is 9.10. The first-order valence-corrected chi connectivity index (χ1v) is 8.18. The predicted octanol–water partition coefficient (Wildman–Crippen LogP) is 4.13. The molecule has 2 aromatic rings. The standard InChI is InChI=1S/C16H17BrClN3/c1-12-9-13(17)11-19-16(12)21-7-5-20(6-8-21)15-4-2-3-14(18)10-15/h2-4,9-11H,5-8H2,1H3. The fraction of sp³-hybridized carbons (Fsp3) is 0.312. The van der Waals surface area contributed by atoms with Gasteiger partial charge in [0.2, 0.25) is 0 Å². The second kappa shape index (κ2) is 6.24. The molecule has 3 nitrogen and oxygen atoms in total. The van der Waals surface area contributed by atoms with Gasteiger partial charge in [-0.1, -0.05) is 17.7 Å². The van der Waals surface area contributed by atoms with Gasteiger partial charge in [-0.3, -0.25) is 0 Å². The molecule has 1 saturated heterocycles. The van der Waals surface area contributed by atoms with E-state index in [9.17, 15) is 0 Å². The van der Waals surface area contributed by atoms with Crippen LogP contribution in [0.1, 0.15) is 5.56 Å². The summed E-state index contributed by atoms with van der Waals surface area (Å²) in [5, 5.41) is 0.792. The Balaban J connectivity index is 1.70. The van der Waals surface area contributed by atoms with Gasteiger partial charge in [-0.2, -0.15) is 0 Å². The van der Waals surface area contributed by atoms with Crippen LogP contribution in [-0.2, 0) is 0 Å². The van der Waals surface area contributed by atoms with E-state index in [1.807, 2.05) is 24.4 Å². The number of rotatable bonds is 2. The van der Waals surface area contributed by atoms with E-state index < -0.39 is 0 Å². The van der Waals surface area contributed by atoms with Gasteiger partial charge in [0.05, 0.1) is 0 Å². The van der Waals surface area contributed by atoms with Gasteiger partial charge in [-0.25, -0.2) is 4.98 Å². The van der Waals surface area contributed by atoms with Gasteiger partial charge in [0.1, 0.15) is 5.82 Å². The number of anilines is 2. The first-order chi connectivity index (χ1) is 10.1. The molecule has 0 amide bonds. The molecule has 21 heavy (non-hydrogen) atoms. The zero-order valence-corrected chi connectivity index (χ0v) is 14.2. The quantitative estimate of drug-likeness (QED) is 0.796. The van der Waals surface area contributed by atoms with E-state index in [2.05, 4.69) is 49.8 Å². The van der Waals surface area contributed by atoms with Crippen LogP contribution in [0, 0.1) is 6.92 Å². The fourth-order valence-corrected chi connectivity index (χ4v) is 3.34. The first kappa shape index (κ1) is 14.7. The van der Waals surface area contributed by atoms with Crippen molar-refractivity contribution in [2.24, 2.45) is 0 Å². The zero-order valence-electron chi connectivity index (χ0n) is 11.9. The van der Waals surface area contributed by atoms with Gasteiger partial charge >= 0.3 is 0 Å². The number of halogens is 2. The molecule has 1 aromatic carbocycles. The van der Waals surface area contributed by atoms with E-state index in [1.165, 1.54) is 11.3 Å². The van der Waals surface area contributed by atoms with Crippen molar-refractivity contribution in [2.75, 3.05) is 36.0 Å². The molecule has 0 bridgehead atoms. The third-order valence-electron chi connectivity index (χ3n) is 3.77. The van der Waals surface area contributed by atoms with Gasteiger partial charge < -0.3 is 9.80 Å². The number of aryl methyl sites for hydroxylation is 1. The van der Waals surface area contributed by atoms with Crippen molar-refractivity contribution in [3.05, 3.63) is 51.6 Å². The maximum Gasteiger partial charge on any atom is 0.131 e.